The Morgan fingerprint density at radius 2 is 2.05 bits per heavy atom. The molecule has 0 saturated heterocycles. The molecule has 19 heavy (non-hydrogen) atoms. The minimum Gasteiger partial charge on any atom is -0.477 e. The summed E-state index contributed by atoms with van der Waals surface area (Å²) in [5.41, 5.74) is 0.453. The number of carboxylic acid groups (broad SMARTS) is 1. The zero-order valence-corrected chi connectivity index (χ0v) is 10.6. The number of benzene rings is 1. The lowest BCUT2D eigenvalue weighted by Gasteiger charge is -2.07. The van der Waals surface area contributed by atoms with E-state index in [0.29, 0.717) is 10.9 Å². The number of H-pyrrole nitrogens is 1. The highest BCUT2D eigenvalue weighted by atomic mass is 32.2. The molecule has 0 fully saturated rings. The van der Waals surface area contributed by atoms with Gasteiger partial charge in [0, 0.05) is 10.9 Å². The van der Waals surface area contributed by atoms with Crippen molar-refractivity contribution in [3.8, 4) is 0 Å². The molecule has 1 unspecified atom stereocenters. The first-order chi connectivity index (χ1) is 8.79. The van der Waals surface area contributed by atoms with Crippen LogP contribution in [-0.2, 0) is 14.3 Å². The van der Waals surface area contributed by atoms with Crippen molar-refractivity contribution >= 4 is 27.0 Å². The molecule has 3 N–H and O–H groups in total. The van der Waals surface area contributed by atoms with Crippen LogP contribution >= 0.6 is 0 Å². The van der Waals surface area contributed by atoms with Gasteiger partial charge in [-0.1, -0.05) is 0 Å². The van der Waals surface area contributed by atoms with E-state index in [2.05, 4.69) is 9.17 Å². The van der Waals surface area contributed by atoms with E-state index in [1.165, 1.54) is 31.2 Å². The van der Waals surface area contributed by atoms with E-state index in [9.17, 15) is 13.2 Å². The molecular weight excluding hydrogens is 274 g/mol. The molecule has 0 aliphatic heterocycles. The van der Waals surface area contributed by atoms with E-state index in [1.54, 1.807) is 0 Å². The lowest BCUT2D eigenvalue weighted by Crippen LogP contribution is -2.14. The molecule has 2 aromatic rings. The number of carboxylic acids is 1. The molecule has 0 bridgehead atoms. The standard InChI is InChI=1S/C11H11NO6S/c1-6(13)18-19(16,17)8-2-3-9-7(4-8)5-10(12-9)11(14)15/h2-6,12-13H,1H3,(H,14,15). The monoisotopic (exact) mass is 285 g/mol. The lowest BCUT2D eigenvalue weighted by molar-refractivity contribution is 0.00540. The predicted octanol–water partition coefficient (Wildman–Crippen LogP) is 0.910. The maximum absolute atomic E-state index is 11.7. The van der Waals surface area contributed by atoms with E-state index >= 15 is 0 Å². The number of hydrogen-bond donors (Lipinski definition) is 3. The maximum atomic E-state index is 11.7. The van der Waals surface area contributed by atoms with Crippen molar-refractivity contribution in [3.63, 3.8) is 0 Å². The zero-order chi connectivity index (χ0) is 14.2. The van der Waals surface area contributed by atoms with Gasteiger partial charge in [0.2, 0.25) is 0 Å². The van der Waals surface area contributed by atoms with Crippen LogP contribution in [0.25, 0.3) is 10.9 Å². The number of aromatic carboxylic acids is 1. The molecule has 0 radical (unpaired) electrons. The maximum Gasteiger partial charge on any atom is 0.352 e. The topological polar surface area (TPSA) is 117 Å². The molecule has 1 heterocycles. The van der Waals surface area contributed by atoms with Crippen molar-refractivity contribution in [3.05, 3.63) is 30.0 Å². The fourth-order valence-corrected chi connectivity index (χ4v) is 2.60. The summed E-state index contributed by atoms with van der Waals surface area (Å²) >= 11 is 0. The lowest BCUT2D eigenvalue weighted by atomic mass is 10.2. The van der Waals surface area contributed by atoms with E-state index in [4.69, 9.17) is 10.2 Å². The SMILES string of the molecule is CC(O)OS(=O)(=O)c1ccc2[nH]c(C(=O)O)cc2c1. The van der Waals surface area contributed by atoms with Gasteiger partial charge in [-0.15, -0.1) is 0 Å². The molecule has 2 rings (SSSR count). The van der Waals surface area contributed by atoms with Gasteiger partial charge in [-0.3, -0.25) is 0 Å². The van der Waals surface area contributed by atoms with Crippen molar-refractivity contribution in [1.29, 1.82) is 0 Å². The second-order valence-corrected chi connectivity index (χ2v) is 5.46. The average Bonchev–Trinajstić information content (AvgIpc) is 2.69. The van der Waals surface area contributed by atoms with Crippen LogP contribution in [0.15, 0.2) is 29.2 Å². The van der Waals surface area contributed by atoms with Crippen LogP contribution in [0.1, 0.15) is 17.4 Å². The van der Waals surface area contributed by atoms with Crippen LogP contribution in [0.3, 0.4) is 0 Å². The van der Waals surface area contributed by atoms with Gasteiger partial charge in [-0.05, 0) is 31.2 Å². The summed E-state index contributed by atoms with van der Waals surface area (Å²) in [5.74, 6) is -1.14. The smallest absolute Gasteiger partial charge is 0.352 e. The predicted molar refractivity (Wildman–Crippen MR) is 65.2 cm³/mol. The number of nitrogens with one attached hydrogen (secondary N) is 1. The van der Waals surface area contributed by atoms with E-state index in [0.717, 1.165) is 0 Å². The Kier molecular flexibility index (Phi) is 3.31. The van der Waals surface area contributed by atoms with E-state index < -0.39 is 22.4 Å². The Morgan fingerprint density at radius 1 is 1.37 bits per heavy atom. The summed E-state index contributed by atoms with van der Waals surface area (Å²) in [5, 5.41) is 18.2. The fourth-order valence-electron chi connectivity index (χ4n) is 1.62. The van der Waals surface area contributed by atoms with Gasteiger partial charge in [0.1, 0.15) is 5.69 Å². The molecule has 102 valence electrons. The molecule has 0 spiro atoms. The van der Waals surface area contributed by atoms with E-state index in [1.807, 2.05) is 0 Å². The first-order valence-corrected chi connectivity index (χ1v) is 6.68. The molecule has 7 nitrogen and oxygen atoms in total. The van der Waals surface area contributed by atoms with Gasteiger partial charge in [0.15, 0.2) is 6.29 Å². The normalized spacial score (nSPS) is 13.6. The Morgan fingerprint density at radius 3 is 2.63 bits per heavy atom. The quantitative estimate of drug-likeness (QED) is 0.568. The van der Waals surface area contributed by atoms with Crippen LogP contribution in [0.4, 0.5) is 0 Å². The Hall–Kier alpha value is -1.90. The largest absolute Gasteiger partial charge is 0.477 e. The third-order valence-electron chi connectivity index (χ3n) is 2.38. The number of aliphatic hydroxyl groups is 1. The van der Waals surface area contributed by atoms with Gasteiger partial charge in [-0.2, -0.15) is 8.42 Å². The van der Waals surface area contributed by atoms with Crippen LogP contribution < -0.4 is 0 Å². The number of aromatic amines is 1. The molecule has 0 amide bonds. The zero-order valence-electron chi connectivity index (χ0n) is 9.82. The summed E-state index contributed by atoms with van der Waals surface area (Å²) in [4.78, 5) is 13.3. The van der Waals surface area contributed by atoms with Crippen LogP contribution in [0.5, 0.6) is 0 Å². The molecule has 8 heteroatoms. The highest BCUT2D eigenvalue weighted by Gasteiger charge is 2.19. The number of carbonyl (C=O) groups is 1. The average molecular weight is 285 g/mol. The molecule has 1 aromatic heterocycles. The van der Waals surface area contributed by atoms with Crippen molar-refractivity contribution in [2.24, 2.45) is 0 Å². The summed E-state index contributed by atoms with van der Waals surface area (Å²) < 4.78 is 27.9. The Bertz CT molecular complexity index is 731. The van der Waals surface area contributed by atoms with Crippen molar-refractivity contribution in [1.82, 2.24) is 4.98 Å². The fraction of sp³-hybridized carbons (Fsp3) is 0.182. The molecule has 0 aliphatic rings. The Balaban J connectivity index is 2.50. The molecular formula is C11H11NO6S. The molecule has 0 aliphatic carbocycles. The van der Waals surface area contributed by atoms with E-state index in [-0.39, 0.29) is 10.6 Å². The van der Waals surface area contributed by atoms with Crippen LogP contribution in [0.2, 0.25) is 0 Å². The third-order valence-corrected chi connectivity index (χ3v) is 3.74. The van der Waals surface area contributed by atoms with Gasteiger partial charge in [-0.25, -0.2) is 8.98 Å². The highest BCUT2D eigenvalue weighted by molar-refractivity contribution is 7.86. The Labute approximate surface area is 108 Å². The first kappa shape index (κ1) is 13.5. The minimum atomic E-state index is -4.07. The second kappa shape index (κ2) is 4.65. The third kappa shape index (κ3) is 2.75. The number of fused-ring (bicyclic) bond motifs is 1. The summed E-state index contributed by atoms with van der Waals surface area (Å²) in [6, 6.07) is 5.29. The van der Waals surface area contributed by atoms with Crippen molar-refractivity contribution in [2.45, 2.75) is 18.1 Å². The number of rotatable bonds is 4. The second-order valence-electron chi connectivity index (χ2n) is 3.89. The summed E-state index contributed by atoms with van der Waals surface area (Å²) in [6.45, 7) is 1.18. The number of aromatic nitrogens is 1. The summed E-state index contributed by atoms with van der Waals surface area (Å²) in [6.07, 6.45) is -1.46. The number of hydrogen-bond acceptors (Lipinski definition) is 5. The molecule has 0 saturated carbocycles. The van der Waals surface area contributed by atoms with Crippen LogP contribution in [-0.4, -0.2) is 35.9 Å². The first-order valence-electron chi connectivity index (χ1n) is 5.27. The van der Waals surface area contributed by atoms with Gasteiger partial charge in [0.25, 0.3) is 10.1 Å². The number of aliphatic hydroxyl groups excluding tert-OH is 1. The minimum absolute atomic E-state index is 0.0407. The molecule has 1 atom stereocenters. The van der Waals surface area contributed by atoms with Crippen molar-refractivity contribution in [2.75, 3.05) is 0 Å². The highest BCUT2D eigenvalue weighted by Crippen LogP contribution is 2.21. The van der Waals surface area contributed by atoms with Gasteiger partial charge in [0.05, 0.1) is 4.90 Å². The summed E-state index contributed by atoms with van der Waals surface area (Å²) in [7, 11) is -4.07. The van der Waals surface area contributed by atoms with Gasteiger partial charge < -0.3 is 15.2 Å². The molecule has 1 aromatic carbocycles. The van der Waals surface area contributed by atoms with Crippen molar-refractivity contribution < 1.29 is 27.6 Å². The van der Waals surface area contributed by atoms with Crippen LogP contribution in [0, 0.1) is 0 Å². The van der Waals surface area contributed by atoms with Gasteiger partial charge >= 0.3 is 5.97 Å².